The van der Waals surface area contributed by atoms with Crippen molar-refractivity contribution < 1.29 is 42.7 Å². The van der Waals surface area contributed by atoms with Gasteiger partial charge in [0.15, 0.2) is 0 Å². The van der Waals surface area contributed by atoms with Crippen LogP contribution in [-0.2, 0) is 32.7 Å². The first kappa shape index (κ1) is 61.6. The highest BCUT2D eigenvalue weighted by Gasteiger charge is 2.27. The van der Waals surface area contributed by atoms with Gasteiger partial charge in [0.05, 0.1) is 19.8 Å². The van der Waals surface area contributed by atoms with Crippen molar-refractivity contribution in [2.45, 2.75) is 193 Å². The molecule has 0 bridgehead atoms. The number of ether oxygens (including phenoxy) is 2. The zero-order valence-corrected chi connectivity index (χ0v) is 41.4. The third-order valence-electron chi connectivity index (χ3n) is 10.0. The quantitative estimate of drug-likeness (QED) is 0.0233. The molecule has 0 aromatic carbocycles. The molecule has 0 saturated carbocycles. The Bertz CT molecular complexity index is 1440. The van der Waals surface area contributed by atoms with Gasteiger partial charge < -0.3 is 25.2 Å². The van der Waals surface area contributed by atoms with Gasteiger partial charge >= 0.3 is 19.8 Å². The number of hydrogen-bond donors (Lipinski definition) is 3. The van der Waals surface area contributed by atoms with Crippen molar-refractivity contribution in [1.29, 1.82) is 0 Å². The van der Waals surface area contributed by atoms with Crippen LogP contribution in [0.3, 0.4) is 0 Å². The molecular weight excluding hydrogens is 838 g/mol. The van der Waals surface area contributed by atoms with E-state index in [1.807, 2.05) is 0 Å². The highest BCUT2D eigenvalue weighted by Crippen LogP contribution is 2.43. The van der Waals surface area contributed by atoms with Crippen LogP contribution in [0.25, 0.3) is 0 Å². The van der Waals surface area contributed by atoms with Crippen LogP contribution >= 0.6 is 7.82 Å². The number of carboxylic acid groups (broad SMARTS) is 1. The number of rotatable bonds is 46. The Hall–Kier alpha value is -3.37. The molecule has 0 fully saturated rings. The van der Waals surface area contributed by atoms with Gasteiger partial charge in [-0.15, -0.1) is 0 Å². The van der Waals surface area contributed by atoms with Crippen molar-refractivity contribution in [1.82, 2.24) is 0 Å². The van der Waals surface area contributed by atoms with E-state index < -0.39 is 45.1 Å². The molecule has 0 aliphatic heterocycles. The molecule has 3 unspecified atom stereocenters. The Morgan fingerprint density at radius 2 is 0.846 bits per heavy atom. The van der Waals surface area contributed by atoms with Gasteiger partial charge in [-0.1, -0.05) is 187 Å². The SMILES string of the molecule is CC/C=C\C/C=C\C/C=C\C/C=C\C/C=C\CCCCCCOCC(COP(=O)(O)OCC(N)C(=O)O)OC(=O)CCCCCCCCCCCC/C=C\C/C=C\C/C=C\C/C=C\CC. The lowest BCUT2D eigenvalue weighted by Gasteiger charge is -2.20. The Morgan fingerprint density at radius 3 is 1.26 bits per heavy atom. The molecule has 0 amide bonds. The van der Waals surface area contributed by atoms with Crippen molar-refractivity contribution in [3.05, 3.63) is 109 Å². The van der Waals surface area contributed by atoms with Gasteiger partial charge in [-0.2, -0.15) is 0 Å². The number of carbonyl (C=O) groups is 2. The average molecular weight is 928 g/mol. The second kappa shape index (κ2) is 48.6. The summed E-state index contributed by atoms with van der Waals surface area (Å²) in [5.41, 5.74) is 5.37. The number of allylic oxidation sites excluding steroid dienone is 18. The summed E-state index contributed by atoms with van der Waals surface area (Å²) in [7, 11) is -4.64. The smallest absolute Gasteiger partial charge is 0.472 e. The lowest BCUT2D eigenvalue weighted by atomic mass is 10.0. The average Bonchev–Trinajstić information content (AvgIpc) is 3.29. The van der Waals surface area contributed by atoms with Crippen molar-refractivity contribution in [2.75, 3.05) is 26.4 Å². The van der Waals surface area contributed by atoms with E-state index in [1.165, 1.54) is 38.5 Å². The molecule has 0 heterocycles. The first-order valence-corrected chi connectivity index (χ1v) is 26.4. The number of carbonyl (C=O) groups excluding carboxylic acids is 1. The first-order chi connectivity index (χ1) is 31.7. The minimum atomic E-state index is -4.64. The standard InChI is InChI=1S/C54H90NO9P/c1-3-5-7-9-11-13-15-17-19-21-23-25-26-27-28-30-32-34-36-38-40-42-44-46-53(56)64-51(49-62-65(59,60)63-50-52(55)54(57)58)48-61-47-45-43-41-39-37-35-33-31-29-24-22-20-18-16-14-12-10-8-6-4-2/h5-8,11-14,17-20,23-25,29,33,35,51-52H,3-4,9-10,15-16,21-22,26-28,30-32,34,36-50,55H2,1-2H3,(H,57,58)(H,59,60)/b7-5-,8-6-,13-11-,14-12-,19-17-,20-18-,25-23-,29-24-,35-33-. The predicted molar refractivity (Wildman–Crippen MR) is 272 cm³/mol. The number of phosphoric ester groups is 1. The molecule has 0 saturated heterocycles. The third kappa shape index (κ3) is 48.4. The number of hydrogen-bond acceptors (Lipinski definition) is 8. The second-order valence-electron chi connectivity index (χ2n) is 16.2. The summed E-state index contributed by atoms with van der Waals surface area (Å²) >= 11 is 0. The van der Waals surface area contributed by atoms with Crippen LogP contribution in [0.5, 0.6) is 0 Å². The molecule has 0 aliphatic carbocycles. The molecule has 10 nitrogen and oxygen atoms in total. The Labute approximate surface area is 395 Å². The van der Waals surface area contributed by atoms with E-state index in [0.717, 1.165) is 116 Å². The Balaban J connectivity index is 4.24. The normalized spacial score (nSPS) is 14.6. The van der Waals surface area contributed by atoms with Crippen LogP contribution < -0.4 is 5.73 Å². The number of esters is 1. The summed E-state index contributed by atoms with van der Waals surface area (Å²) in [5.74, 6) is -1.80. The number of carboxylic acids is 1. The van der Waals surface area contributed by atoms with E-state index >= 15 is 0 Å². The van der Waals surface area contributed by atoms with Crippen LogP contribution in [0.1, 0.15) is 181 Å². The van der Waals surface area contributed by atoms with Crippen molar-refractivity contribution in [2.24, 2.45) is 5.73 Å². The zero-order chi connectivity index (χ0) is 47.6. The van der Waals surface area contributed by atoms with Crippen molar-refractivity contribution in [3.63, 3.8) is 0 Å². The van der Waals surface area contributed by atoms with E-state index in [1.54, 1.807) is 0 Å². The maximum Gasteiger partial charge on any atom is 0.472 e. The molecule has 0 aromatic heterocycles. The van der Waals surface area contributed by atoms with Crippen molar-refractivity contribution in [3.8, 4) is 0 Å². The second-order valence-corrected chi connectivity index (χ2v) is 17.6. The fourth-order valence-corrected chi connectivity index (χ4v) is 7.05. The summed E-state index contributed by atoms with van der Waals surface area (Å²) in [6.45, 7) is 3.58. The van der Waals surface area contributed by atoms with Crippen LogP contribution in [0.2, 0.25) is 0 Å². The van der Waals surface area contributed by atoms with Crippen LogP contribution in [-0.4, -0.2) is 60.5 Å². The Morgan fingerprint density at radius 1 is 0.492 bits per heavy atom. The molecule has 0 radical (unpaired) electrons. The minimum Gasteiger partial charge on any atom is -0.480 e. The van der Waals surface area contributed by atoms with Gasteiger partial charge in [0.25, 0.3) is 0 Å². The molecule has 0 aliphatic rings. The molecule has 0 rings (SSSR count). The zero-order valence-electron chi connectivity index (χ0n) is 40.5. The molecular formula is C54H90NO9P. The summed E-state index contributed by atoms with van der Waals surface area (Å²) in [6, 6.07) is -1.49. The summed E-state index contributed by atoms with van der Waals surface area (Å²) < 4.78 is 33.5. The van der Waals surface area contributed by atoms with Gasteiger partial charge in [-0.25, -0.2) is 4.57 Å². The highest BCUT2D eigenvalue weighted by molar-refractivity contribution is 7.47. The lowest BCUT2D eigenvalue weighted by Crippen LogP contribution is -2.34. The van der Waals surface area contributed by atoms with Crippen LogP contribution in [0.15, 0.2) is 109 Å². The molecule has 0 spiro atoms. The monoisotopic (exact) mass is 928 g/mol. The van der Waals surface area contributed by atoms with Gasteiger partial charge in [0, 0.05) is 13.0 Å². The molecule has 370 valence electrons. The van der Waals surface area contributed by atoms with Crippen molar-refractivity contribution >= 4 is 19.8 Å². The van der Waals surface area contributed by atoms with E-state index in [0.29, 0.717) is 13.0 Å². The Kier molecular flexibility index (Phi) is 46.0. The lowest BCUT2D eigenvalue weighted by molar-refractivity contribution is -0.154. The van der Waals surface area contributed by atoms with Gasteiger partial charge in [0.2, 0.25) is 0 Å². The minimum absolute atomic E-state index is 0.00908. The van der Waals surface area contributed by atoms with E-state index in [9.17, 15) is 19.0 Å². The summed E-state index contributed by atoms with van der Waals surface area (Å²) in [6.07, 6.45) is 65.7. The number of nitrogens with two attached hydrogens (primary N) is 1. The fourth-order valence-electron chi connectivity index (χ4n) is 6.27. The van der Waals surface area contributed by atoms with Gasteiger partial charge in [-0.3, -0.25) is 18.6 Å². The molecule has 11 heteroatoms. The van der Waals surface area contributed by atoms with E-state index in [4.69, 9.17) is 29.4 Å². The fraction of sp³-hybridized carbons (Fsp3) is 0.630. The first-order valence-electron chi connectivity index (χ1n) is 24.9. The third-order valence-corrected chi connectivity index (χ3v) is 11.0. The number of aliphatic carboxylic acids is 1. The largest absolute Gasteiger partial charge is 0.480 e. The maximum atomic E-state index is 12.7. The van der Waals surface area contributed by atoms with E-state index in [-0.39, 0.29) is 13.0 Å². The van der Waals surface area contributed by atoms with E-state index in [2.05, 4.69) is 123 Å². The maximum absolute atomic E-state index is 12.7. The molecule has 4 N–H and O–H groups in total. The molecule has 65 heavy (non-hydrogen) atoms. The van der Waals surface area contributed by atoms with Crippen LogP contribution in [0, 0.1) is 0 Å². The summed E-state index contributed by atoms with van der Waals surface area (Å²) in [5, 5.41) is 8.93. The highest BCUT2D eigenvalue weighted by atomic mass is 31.2. The molecule has 3 atom stereocenters. The predicted octanol–water partition coefficient (Wildman–Crippen LogP) is 14.6. The van der Waals surface area contributed by atoms with Gasteiger partial charge in [-0.05, 0) is 96.3 Å². The number of phosphoric acid groups is 1. The topological polar surface area (TPSA) is 155 Å². The number of unbranched alkanes of at least 4 members (excludes halogenated alkanes) is 14. The molecule has 0 aromatic rings. The summed E-state index contributed by atoms with van der Waals surface area (Å²) in [4.78, 5) is 33.7. The van der Waals surface area contributed by atoms with Gasteiger partial charge in [0.1, 0.15) is 12.1 Å². The van der Waals surface area contributed by atoms with Crippen LogP contribution in [0.4, 0.5) is 0 Å².